The maximum Gasteiger partial charge on any atom is 0.325 e. The van der Waals surface area contributed by atoms with Gasteiger partial charge in [0.15, 0.2) is 0 Å². The molecule has 0 spiro atoms. The van der Waals surface area contributed by atoms with E-state index in [0.717, 1.165) is 48.6 Å². The lowest BCUT2D eigenvalue weighted by molar-refractivity contribution is -0.147. The highest BCUT2D eigenvalue weighted by Gasteiger charge is 2.47. The van der Waals surface area contributed by atoms with E-state index < -0.39 is 17.4 Å². The Labute approximate surface area is 220 Å². The van der Waals surface area contributed by atoms with Gasteiger partial charge in [0.1, 0.15) is 11.9 Å². The number of aryl methyl sites for hydroxylation is 1. The molecule has 1 amide bonds. The minimum absolute atomic E-state index is 0.0151. The number of carboxylic acids is 1. The normalized spacial score (nSPS) is 21.6. The smallest absolute Gasteiger partial charge is 0.325 e. The number of nitrogens with zero attached hydrogens (tertiary/aromatic N) is 3. The number of carboxylic acid groups (broad SMARTS) is 1. The van der Waals surface area contributed by atoms with Crippen molar-refractivity contribution in [2.45, 2.75) is 82.7 Å². The molecule has 2 N–H and O–H groups in total. The van der Waals surface area contributed by atoms with Crippen LogP contribution in [0.1, 0.15) is 81.5 Å². The van der Waals surface area contributed by atoms with Crippen LogP contribution in [0.25, 0.3) is 0 Å². The quantitative estimate of drug-likeness (QED) is 0.435. The summed E-state index contributed by atoms with van der Waals surface area (Å²) in [6.07, 6.45) is 11.4. The van der Waals surface area contributed by atoms with Gasteiger partial charge in [-0.15, -0.1) is 0 Å². The summed E-state index contributed by atoms with van der Waals surface area (Å²) in [5, 5.41) is 13.8. The fourth-order valence-corrected chi connectivity index (χ4v) is 6.63. The number of anilines is 2. The first-order chi connectivity index (χ1) is 17.8. The van der Waals surface area contributed by atoms with Crippen molar-refractivity contribution >= 4 is 23.4 Å². The standard InChI is InChI=1S/C30H40N4O3/c1-30(2)25-23(13-8-14-24(25)33(3)29(30)37)26(28(35)36)34-18-20(19-34)10-6-4-5-7-12-22-16-15-21-11-9-17-31-27(21)32-22/h8-9,11,13-14,17,20,22,26H,4-7,10,12,15-16,18-19H2,1-3H3,(H,31,32)(H,35,36)/t22-,26?/m1/s1. The molecule has 198 valence electrons. The molecule has 2 aromatic rings. The largest absolute Gasteiger partial charge is 0.480 e. The molecule has 1 aromatic heterocycles. The van der Waals surface area contributed by atoms with Crippen LogP contribution in [0.15, 0.2) is 36.5 Å². The average Bonchev–Trinajstić information content (AvgIpc) is 3.04. The second-order valence-corrected chi connectivity index (χ2v) is 11.7. The monoisotopic (exact) mass is 504 g/mol. The van der Waals surface area contributed by atoms with E-state index in [-0.39, 0.29) is 5.91 Å². The summed E-state index contributed by atoms with van der Waals surface area (Å²) >= 11 is 0. The van der Waals surface area contributed by atoms with Gasteiger partial charge in [-0.1, -0.05) is 43.9 Å². The van der Waals surface area contributed by atoms with Crippen molar-refractivity contribution in [3.8, 4) is 0 Å². The predicted molar refractivity (Wildman–Crippen MR) is 146 cm³/mol. The Morgan fingerprint density at radius 2 is 1.89 bits per heavy atom. The minimum atomic E-state index is -0.834. The van der Waals surface area contributed by atoms with Gasteiger partial charge in [0.05, 0.1) is 5.41 Å². The Bertz CT molecular complexity index is 1160. The van der Waals surface area contributed by atoms with Crippen molar-refractivity contribution < 1.29 is 14.7 Å². The van der Waals surface area contributed by atoms with Crippen LogP contribution in [0.2, 0.25) is 0 Å². The molecule has 0 bridgehead atoms. The molecule has 5 rings (SSSR count). The van der Waals surface area contributed by atoms with Crippen LogP contribution < -0.4 is 10.2 Å². The summed E-state index contributed by atoms with van der Waals surface area (Å²) < 4.78 is 0. The summed E-state index contributed by atoms with van der Waals surface area (Å²) in [4.78, 5) is 33.4. The van der Waals surface area contributed by atoms with Crippen LogP contribution in [-0.2, 0) is 21.4 Å². The van der Waals surface area contributed by atoms with Crippen molar-refractivity contribution in [3.05, 3.63) is 53.2 Å². The molecule has 7 heteroatoms. The van der Waals surface area contributed by atoms with E-state index in [1.807, 2.05) is 44.3 Å². The lowest BCUT2D eigenvalue weighted by atomic mass is 9.80. The number of pyridine rings is 1. The van der Waals surface area contributed by atoms with Gasteiger partial charge in [-0.05, 0) is 74.3 Å². The number of nitrogens with one attached hydrogen (secondary N) is 1. The van der Waals surface area contributed by atoms with Crippen LogP contribution in [0.4, 0.5) is 11.5 Å². The highest BCUT2D eigenvalue weighted by atomic mass is 16.4. The van der Waals surface area contributed by atoms with E-state index in [1.54, 1.807) is 11.9 Å². The third-order valence-corrected chi connectivity index (χ3v) is 8.69. The van der Waals surface area contributed by atoms with Crippen molar-refractivity contribution in [3.63, 3.8) is 0 Å². The Morgan fingerprint density at radius 1 is 1.14 bits per heavy atom. The molecule has 0 saturated carbocycles. The highest BCUT2D eigenvalue weighted by Crippen LogP contribution is 2.46. The summed E-state index contributed by atoms with van der Waals surface area (Å²) in [7, 11) is 1.77. The number of likely N-dealkylation sites (N-methyl/N-ethyl adjacent to an activating group) is 1. The number of hydrogen-bond acceptors (Lipinski definition) is 5. The number of likely N-dealkylation sites (tertiary alicyclic amines) is 1. The third-order valence-electron chi connectivity index (χ3n) is 8.69. The van der Waals surface area contributed by atoms with Crippen LogP contribution >= 0.6 is 0 Å². The number of carbonyl (C=O) groups excluding carboxylic acids is 1. The zero-order chi connectivity index (χ0) is 26.2. The number of aromatic nitrogens is 1. The molecular formula is C30H40N4O3. The molecule has 2 atom stereocenters. The molecule has 4 heterocycles. The Balaban J connectivity index is 1.07. The number of hydrogen-bond donors (Lipinski definition) is 2. The lowest BCUT2D eigenvalue weighted by Gasteiger charge is -2.43. The van der Waals surface area contributed by atoms with E-state index in [1.165, 1.54) is 44.1 Å². The number of unbranched alkanes of at least 4 members (excludes halogenated alkanes) is 3. The zero-order valence-electron chi connectivity index (χ0n) is 22.4. The molecule has 0 radical (unpaired) electrons. The Morgan fingerprint density at radius 3 is 2.65 bits per heavy atom. The van der Waals surface area contributed by atoms with Crippen molar-refractivity contribution in [2.24, 2.45) is 5.92 Å². The number of carbonyl (C=O) groups is 2. The average molecular weight is 505 g/mol. The first-order valence-electron chi connectivity index (χ1n) is 13.9. The summed E-state index contributed by atoms with van der Waals surface area (Å²) in [6.45, 7) is 5.42. The molecule has 1 fully saturated rings. The number of benzene rings is 1. The first-order valence-corrected chi connectivity index (χ1v) is 13.9. The van der Waals surface area contributed by atoms with Crippen LogP contribution in [-0.4, -0.2) is 53.0 Å². The van der Waals surface area contributed by atoms with Gasteiger partial charge >= 0.3 is 5.97 Å². The second kappa shape index (κ2) is 10.4. The maximum atomic E-state index is 12.8. The number of amides is 1. The topological polar surface area (TPSA) is 85.8 Å². The summed E-state index contributed by atoms with van der Waals surface area (Å²) in [6, 6.07) is 9.71. The zero-order valence-corrected chi connectivity index (χ0v) is 22.4. The number of aliphatic carboxylic acids is 1. The van der Waals surface area contributed by atoms with E-state index in [4.69, 9.17) is 0 Å². The molecule has 1 unspecified atom stereocenters. The fraction of sp³-hybridized carbons (Fsp3) is 0.567. The third kappa shape index (κ3) is 4.98. The Hall–Kier alpha value is -2.93. The molecule has 1 aromatic carbocycles. The maximum absolute atomic E-state index is 12.8. The van der Waals surface area contributed by atoms with Crippen molar-refractivity contribution in [2.75, 3.05) is 30.4 Å². The van der Waals surface area contributed by atoms with E-state index in [0.29, 0.717) is 12.0 Å². The summed E-state index contributed by atoms with van der Waals surface area (Å²) in [5.41, 5.74) is 3.08. The van der Waals surface area contributed by atoms with Crippen molar-refractivity contribution in [1.82, 2.24) is 9.88 Å². The van der Waals surface area contributed by atoms with Crippen LogP contribution in [0.3, 0.4) is 0 Å². The minimum Gasteiger partial charge on any atom is -0.480 e. The predicted octanol–water partition coefficient (Wildman–Crippen LogP) is 5.16. The van der Waals surface area contributed by atoms with Gasteiger partial charge in [-0.2, -0.15) is 0 Å². The molecule has 7 nitrogen and oxygen atoms in total. The lowest BCUT2D eigenvalue weighted by Crippen LogP contribution is -2.51. The highest BCUT2D eigenvalue weighted by molar-refractivity contribution is 6.08. The van der Waals surface area contributed by atoms with Gasteiger partial charge in [-0.3, -0.25) is 14.5 Å². The molecule has 3 aliphatic heterocycles. The SMILES string of the molecule is CN1C(=O)C(C)(C)c2c(C(C(=O)O)N3CC(CCCCCC[C@@H]4CCc5cccnc5N4)C3)cccc21. The van der Waals surface area contributed by atoms with Gasteiger partial charge in [0, 0.05) is 38.1 Å². The summed E-state index contributed by atoms with van der Waals surface area (Å²) in [5.74, 6) is 0.800. The molecular weight excluding hydrogens is 464 g/mol. The second-order valence-electron chi connectivity index (χ2n) is 11.7. The van der Waals surface area contributed by atoms with E-state index in [9.17, 15) is 14.7 Å². The van der Waals surface area contributed by atoms with E-state index >= 15 is 0 Å². The van der Waals surface area contributed by atoms with Crippen LogP contribution in [0.5, 0.6) is 0 Å². The molecule has 1 saturated heterocycles. The van der Waals surface area contributed by atoms with Crippen molar-refractivity contribution in [1.29, 1.82) is 0 Å². The van der Waals surface area contributed by atoms with E-state index in [2.05, 4.69) is 21.3 Å². The van der Waals surface area contributed by atoms with Crippen LogP contribution in [0, 0.1) is 5.92 Å². The number of rotatable bonds is 10. The van der Waals surface area contributed by atoms with Gasteiger partial charge in [-0.25, -0.2) is 4.98 Å². The number of fused-ring (bicyclic) bond motifs is 2. The molecule has 37 heavy (non-hydrogen) atoms. The van der Waals surface area contributed by atoms with Gasteiger partial charge in [0.25, 0.3) is 0 Å². The van der Waals surface area contributed by atoms with Gasteiger partial charge in [0.2, 0.25) is 5.91 Å². The fourth-order valence-electron chi connectivity index (χ4n) is 6.63. The van der Waals surface area contributed by atoms with Gasteiger partial charge < -0.3 is 15.3 Å². The molecule has 0 aliphatic carbocycles. The Kier molecular flexibility index (Phi) is 7.26. The molecule has 3 aliphatic rings. The first kappa shape index (κ1) is 25.7.